The van der Waals surface area contributed by atoms with Gasteiger partial charge in [-0.15, -0.1) is 0 Å². The lowest BCUT2D eigenvalue weighted by atomic mass is 9.87. The maximum Gasteiger partial charge on any atom is 0.250 e. The van der Waals surface area contributed by atoms with Gasteiger partial charge in [-0.1, -0.05) is 55.2 Å². The van der Waals surface area contributed by atoms with Gasteiger partial charge in [-0.2, -0.15) is 0 Å². The molecule has 13 heteroatoms. The molecule has 1 aliphatic carbocycles. The second-order valence-corrected chi connectivity index (χ2v) is 15.0. The number of hydrogen-bond acceptors (Lipinski definition) is 8. The largest absolute Gasteiger partial charge is 0.363 e. The highest BCUT2D eigenvalue weighted by molar-refractivity contribution is 5.94. The summed E-state index contributed by atoms with van der Waals surface area (Å²) in [5.41, 5.74) is 3.62. The van der Waals surface area contributed by atoms with E-state index < -0.39 is 36.3 Å². The summed E-state index contributed by atoms with van der Waals surface area (Å²) in [6, 6.07) is 11.7. The number of benzene rings is 2. The van der Waals surface area contributed by atoms with Crippen molar-refractivity contribution >= 4 is 29.5 Å². The number of nitrogens with one attached hydrogen (secondary N) is 5. The molecule has 3 aliphatic rings. The van der Waals surface area contributed by atoms with Gasteiger partial charge >= 0.3 is 0 Å². The van der Waals surface area contributed by atoms with Crippen LogP contribution in [0, 0.1) is 11.8 Å². The van der Waals surface area contributed by atoms with Crippen LogP contribution in [0.2, 0.25) is 0 Å². The molecule has 56 heavy (non-hydrogen) atoms. The Labute approximate surface area is 331 Å². The number of ether oxygens (including phenoxy) is 1. The van der Waals surface area contributed by atoms with E-state index in [9.17, 15) is 24.0 Å². The van der Waals surface area contributed by atoms with Gasteiger partial charge in [0.2, 0.25) is 29.5 Å². The van der Waals surface area contributed by atoms with E-state index in [0.717, 1.165) is 37.7 Å². The molecule has 5 amide bonds. The lowest BCUT2D eigenvalue weighted by molar-refractivity contribution is -0.142. The van der Waals surface area contributed by atoms with E-state index in [1.807, 2.05) is 19.1 Å². The number of nitrogens with zero attached hydrogens (tertiary/aromatic N) is 2. The van der Waals surface area contributed by atoms with Crippen LogP contribution in [0.1, 0.15) is 100 Å². The highest BCUT2D eigenvalue weighted by atomic mass is 16.5. The molecule has 5 N–H and O–H groups in total. The fourth-order valence-electron chi connectivity index (χ4n) is 7.78. The van der Waals surface area contributed by atoms with Crippen LogP contribution in [0.25, 0.3) is 0 Å². The molecule has 2 saturated heterocycles. The summed E-state index contributed by atoms with van der Waals surface area (Å²) in [5, 5.41) is 15.0. The highest BCUT2D eigenvalue weighted by Gasteiger charge is 2.40. The Balaban J connectivity index is 1.27. The zero-order chi connectivity index (χ0) is 40.2. The van der Waals surface area contributed by atoms with E-state index in [4.69, 9.17) is 4.74 Å². The number of rotatable bonds is 15. The summed E-state index contributed by atoms with van der Waals surface area (Å²) < 4.78 is 5.96. The molecule has 2 aromatic carbocycles. The smallest absolute Gasteiger partial charge is 0.250 e. The first-order chi connectivity index (χ1) is 27.1. The second kappa shape index (κ2) is 20.4. The van der Waals surface area contributed by atoms with E-state index in [1.54, 1.807) is 62.0 Å². The predicted octanol–water partition coefficient (Wildman–Crippen LogP) is 2.50. The molecular weight excluding hydrogens is 711 g/mol. The van der Waals surface area contributed by atoms with Crippen LogP contribution in [0.3, 0.4) is 0 Å². The fraction of sp³-hybridized carbons (Fsp3) is 0.558. The topological polar surface area (TPSA) is 161 Å². The zero-order valence-corrected chi connectivity index (χ0v) is 33.5. The number of likely N-dealkylation sites (tertiary alicyclic amines) is 2. The fourth-order valence-corrected chi connectivity index (χ4v) is 7.78. The van der Waals surface area contributed by atoms with Crippen molar-refractivity contribution in [2.24, 2.45) is 0 Å². The van der Waals surface area contributed by atoms with Crippen LogP contribution in [0.5, 0.6) is 0 Å². The lowest BCUT2D eigenvalue weighted by Gasteiger charge is -2.32. The third-order valence-electron chi connectivity index (χ3n) is 11.3. The van der Waals surface area contributed by atoms with Crippen LogP contribution >= 0.6 is 0 Å². The molecule has 5 rings (SSSR count). The van der Waals surface area contributed by atoms with Crippen molar-refractivity contribution in [2.45, 2.75) is 114 Å². The van der Waals surface area contributed by atoms with Gasteiger partial charge < -0.3 is 41.1 Å². The standard InChI is InChI=1S/C43H59N7O6/c1-6-34(45-5)40(52)48-38(43(55)50-26-12-19-36(50)41(53)46-35-18-11-16-31-15-7-8-17-33(31)35)32-22-20-30(21-23-32)14-13-27-56-29(3)37(47-39(51)28(2)44-4)42(54)49-24-9-10-25-49/h7-8,15,17,20-23,28-29,34-38,44-45H,6,9-12,16,18-19,24-27H2,1-5H3,(H,46,53)(H,47,51)(H,48,52)/t28-,29+,34-,35+,36-,37-,38-/m0/s1. The predicted molar refractivity (Wildman–Crippen MR) is 214 cm³/mol. The lowest BCUT2D eigenvalue weighted by Crippen LogP contribution is -2.56. The van der Waals surface area contributed by atoms with E-state index in [2.05, 4.69) is 50.6 Å². The molecule has 302 valence electrons. The Hall–Kier alpha value is -4.77. The molecule has 2 fully saturated rings. The summed E-state index contributed by atoms with van der Waals surface area (Å²) in [5.74, 6) is 4.81. The van der Waals surface area contributed by atoms with Gasteiger partial charge in [-0.05, 0) is 108 Å². The first-order valence-electron chi connectivity index (χ1n) is 20.2. The van der Waals surface area contributed by atoms with Gasteiger partial charge in [0.25, 0.3) is 0 Å². The number of carbonyl (C=O) groups excluding carboxylic acids is 5. The molecule has 2 aromatic rings. The number of likely N-dealkylation sites (N-methyl/N-ethyl adjacent to an activating group) is 2. The number of hydrogen-bond donors (Lipinski definition) is 5. The van der Waals surface area contributed by atoms with Crippen molar-refractivity contribution in [1.82, 2.24) is 36.4 Å². The summed E-state index contributed by atoms with van der Waals surface area (Å²) in [6.07, 6.45) is 5.82. The quantitative estimate of drug-likeness (QED) is 0.173. The SMILES string of the molecule is CC[C@H](NC)C(=O)N[C@H](C(=O)N1CCC[C@H]1C(=O)N[C@@H]1CCCc2ccccc21)c1ccc(C#CCO[C@H](C)[C@H](NC(=O)[C@H](C)NC)C(=O)N2CCCC2)cc1. The number of amides is 5. The Morgan fingerprint density at radius 2 is 1.57 bits per heavy atom. The summed E-state index contributed by atoms with van der Waals surface area (Å²) in [7, 11) is 3.39. The molecule has 0 radical (unpaired) electrons. The van der Waals surface area contributed by atoms with Gasteiger partial charge in [0.15, 0.2) is 0 Å². The molecule has 0 unspecified atom stereocenters. The van der Waals surface area contributed by atoms with Crippen LogP contribution in [-0.4, -0.2) is 110 Å². The normalized spacial score (nSPS) is 20.4. The first kappa shape index (κ1) is 42.4. The monoisotopic (exact) mass is 769 g/mol. The van der Waals surface area contributed by atoms with Gasteiger partial charge in [0.1, 0.15) is 24.7 Å². The third-order valence-corrected chi connectivity index (χ3v) is 11.3. The van der Waals surface area contributed by atoms with Crippen molar-refractivity contribution < 1.29 is 28.7 Å². The summed E-state index contributed by atoms with van der Waals surface area (Å²) in [6.45, 7) is 7.13. The molecule has 0 bridgehead atoms. The first-order valence-corrected chi connectivity index (χ1v) is 20.2. The van der Waals surface area contributed by atoms with Crippen LogP contribution in [0.4, 0.5) is 0 Å². The second-order valence-electron chi connectivity index (χ2n) is 15.0. The van der Waals surface area contributed by atoms with Crippen molar-refractivity contribution in [3.05, 3.63) is 70.8 Å². The van der Waals surface area contributed by atoms with Crippen LogP contribution < -0.4 is 26.6 Å². The molecule has 0 spiro atoms. The van der Waals surface area contributed by atoms with E-state index in [0.29, 0.717) is 50.0 Å². The highest BCUT2D eigenvalue weighted by Crippen LogP contribution is 2.31. The molecule has 2 aliphatic heterocycles. The van der Waals surface area contributed by atoms with Crippen molar-refractivity contribution in [1.29, 1.82) is 0 Å². The maximum atomic E-state index is 14.4. The molecule has 7 atom stereocenters. The maximum absolute atomic E-state index is 14.4. The van der Waals surface area contributed by atoms with E-state index in [-0.39, 0.29) is 42.2 Å². The van der Waals surface area contributed by atoms with Gasteiger partial charge in [0, 0.05) is 25.2 Å². The van der Waals surface area contributed by atoms with Crippen LogP contribution in [0.15, 0.2) is 48.5 Å². The zero-order valence-electron chi connectivity index (χ0n) is 33.5. The molecular formula is C43H59N7O6. The molecule has 0 aromatic heterocycles. The number of fused-ring (bicyclic) bond motifs is 1. The van der Waals surface area contributed by atoms with E-state index >= 15 is 0 Å². The van der Waals surface area contributed by atoms with Crippen LogP contribution in [-0.2, 0) is 35.1 Å². The average molecular weight is 770 g/mol. The van der Waals surface area contributed by atoms with Crippen molar-refractivity contribution in [2.75, 3.05) is 40.3 Å². The Bertz CT molecular complexity index is 1750. The van der Waals surface area contributed by atoms with Gasteiger partial charge in [-0.3, -0.25) is 24.0 Å². The Morgan fingerprint density at radius 3 is 2.27 bits per heavy atom. The Morgan fingerprint density at radius 1 is 0.839 bits per heavy atom. The minimum absolute atomic E-state index is 0.0224. The molecule has 13 nitrogen and oxygen atoms in total. The minimum Gasteiger partial charge on any atom is -0.363 e. The van der Waals surface area contributed by atoms with E-state index in [1.165, 1.54) is 5.56 Å². The van der Waals surface area contributed by atoms with Gasteiger partial charge in [-0.25, -0.2) is 0 Å². The average Bonchev–Trinajstić information content (AvgIpc) is 3.95. The van der Waals surface area contributed by atoms with Crippen molar-refractivity contribution in [3.8, 4) is 11.8 Å². The summed E-state index contributed by atoms with van der Waals surface area (Å²) in [4.78, 5) is 70.9. The number of carbonyl (C=O) groups is 5. The Kier molecular flexibility index (Phi) is 15.4. The molecule has 0 saturated carbocycles. The third kappa shape index (κ3) is 10.5. The number of aryl methyl sites for hydroxylation is 1. The van der Waals surface area contributed by atoms with Crippen molar-refractivity contribution in [3.63, 3.8) is 0 Å². The molecule has 2 heterocycles. The minimum atomic E-state index is -1.01. The van der Waals surface area contributed by atoms with Gasteiger partial charge in [0.05, 0.1) is 24.2 Å². The summed E-state index contributed by atoms with van der Waals surface area (Å²) >= 11 is 0.